The van der Waals surface area contributed by atoms with Crippen molar-refractivity contribution in [1.29, 1.82) is 0 Å². The highest BCUT2D eigenvalue weighted by molar-refractivity contribution is 6.17. The number of hydrogen-bond acceptors (Lipinski definition) is 7. The number of ether oxygens (including phenoxy) is 4. The van der Waals surface area contributed by atoms with Crippen molar-refractivity contribution >= 4 is 11.8 Å². The van der Waals surface area contributed by atoms with E-state index in [0.29, 0.717) is 19.0 Å². The minimum absolute atomic E-state index is 0.0384. The second-order valence-electron chi connectivity index (χ2n) is 9.76. The lowest BCUT2D eigenvalue weighted by molar-refractivity contribution is -0.140. The molecule has 1 aromatic rings. The standard InChI is InChI=1S/C26H35NO6/c1-6-32-25(29)19-15-27-20(14-21(19)28)18-13-22(31-5)23(33-11-7-10-30-4)12-17(18)16-8-9-26(2,3)24(16)27/h12-13,15-16,20,24H,6-11,14H2,1-5H3. The van der Waals surface area contributed by atoms with Gasteiger partial charge in [0, 0.05) is 44.7 Å². The van der Waals surface area contributed by atoms with Crippen molar-refractivity contribution in [1.82, 2.24) is 4.90 Å². The fourth-order valence-corrected chi connectivity index (χ4v) is 5.80. The molecule has 3 unspecified atom stereocenters. The Bertz CT molecular complexity index is 952. The SMILES string of the molecule is CCOC(=O)C1=CN2C(CC1=O)c1cc(OC)c(OCCCOC)cc1C1CCC(C)(C)C12. The Kier molecular flexibility index (Phi) is 6.71. The van der Waals surface area contributed by atoms with Crippen LogP contribution in [0, 0.1) is 5.41 Å². The Balaban J connectivity index is 1.77. The van der Waals surface area contributed by atoms with Gasteiger partial charge in [-0.15, -0.1) is 0 Å². The van der Waals surface area contributed by atoms with Crippen molar-refractivity contribution in [2.45, 2.75) is 64.5 Å². The van der Waals surface area contributed by atoms with Gasteiger partial charge in [-0.25, -0.2) is 4.79 Å². The molecule has 180 valence electrons. The van der Waals surface area contributed by atoms with Crippen LogP contribution in [0.25, 0.3) is 0 Å². The summed E-state index contributed by atoms with van der Waals surface area (Å²) in [6.07, 6.45) is 4.91. The number of rotatable bonds is 8. The number of Topliss-reactive ketones (excluding diaryl/α,β-unsaturated/α-hetero) is 1. The smallest absolute Gasteiger partial charge is 0.343 e. The summed E-state index contributed by atoms with van der Waals surface area (Å²) in [5.41, 5.74) is 2.51. The van der Waals surface area contributed by atoms with Gasteiger partial charge in [0.15, 0.2) is 17.3 Å². The molecule has 1 fully saturated rings. The third-order valence-electron chi connectivity index (χ3n) is 7.29. The zero-order valence-electron chi connectivity index (χ0n) is 20.3. The molecule has 7 nitrogen and oxygen atoms in total. The van der Waals surface area contributed by atoms with E-state index in [2.05, 4.69) is 24.8 Å². The number of esters is 1. The summed E-state index contributed by atoms with van der Waals surface area (Å²) in [5, 5.41) is 0. The number of ketones is 1. The first-order chi connectivity index (χ1) is 15.8. The van der Waals surface area contributed by atoms with Gasteiger partial charge in [0.25, 0.3) is 0 Å². The Labute approximate surface area is 196 Å². The van der Waals surface area contributed by atoms with Crippen molar-refractivity contribution in [2.24, 2.45) is 5.41 Å². The maximum Gasteiger partial charge on any atom is 0.343 e. The zero-order chi connectivity index (χ0) is 23.8. The van der Waals surface area contributed by atoms with Gasteiger partial charge < -0.3 is 23.8 Å². The van der Waals surface area contributed by atoms with Crippen molar-refractivity contribution in [3.63, 3.8) is 0 Å². The van der Waals surface area contributed by atoms with Crippen molar-refractivity contribution in [3.8, 4) is 11.5 Å². The third-order valence-corrected chi connectivity index (χ3v) is 7.29. The van der Waals surface area contributed by atoms with E-state index in [9.17, 15) is 9.59 Å². The highest BCUT2D eigenvalue weighted by atomic mass is 16.5. The quantitative estimate of drug-likeness (QED) is 0.330. The van der Waals surface area contributed by atoms with Crippen LogP contribution in [0.4, 0.5) is 0 Å². The maximum atomic E-state index is 13.0. The van der Waals surface area contributed by atoms with Gasteiger partial charge in [0.05, 0.1) is 26.4 Å². The maximum absolute atomic E-state index is 13.0. The average Bonchev–Trinajstić information content (AvgIpc) is 3.11. The van der Waals surface area contributed by atoms with E-state index in [1.165, 1.54) is 5.56 Å². The summed E-state index contributed by atoms with van der Waals surface area (Å²) < 4.78 is 22.0. The molecule has 2 heterocycles. The van der Waals surface area contributed by atoms with Gasteiger partial charge >= 0.3 is 5.97 Å². The first-order valence-electron chi connectivity index (χ1n) is 11.9. The van der Waals surface area contributed by atoms with E-state index in [-0.39, 0.29) is 47.8 Å². The average molecular weight is 458 g/mol. The Morgan fingerprint density at radius 3 is 2.61 bits per heavy atom. The summed E-state index contributed by atoms with van der Waals surface area (Å²) in [6, 6.07) is 4.19. The number of fused-ring (bicyclic) bond motifs is 6. The van der Waals surface area contributed by atoms with Crippen LogP contribution in [0.2, 0.25) is 0 Å². The summed E-state index contributed by atoms with van der Waals surface area (Å²) in [7, 11) is 3.32. The molecule has 1 aliphatic carbocycles. The number of nitrogens with zero attached hydrogens (tertiary/aromatic N) is 1. The molecule has 4 rings (SSSR count). The van der Waals surface area contributed by atoms with E-state index in [1.54, 1.807) is 27.3 Å². The Morgan fingerprint density at radius 2 is 1.91 bits per heavy atom. The van der Waals surface area contributed by atoms with Crippen molar-refractivity contribution in [3.05, 3.63) is 35.0 Å². The molecule has 0 N–H and O–H groups in total. The number of carbonyl (C=O) groups is 2. The molecule has 3 aliphatic rings. The molecule has 0 radical (unpaired) electrons. The van der Waals surface area contributed by atoms with E-state index in [4.69, 9.17) is 18.9 Å². The molecule has 0 bridgehead atoms. The summed E-state index contributed by atoms with van der Waals surface area (Å²) >= 11 is 0. The van der Waals surface area contributed by atoms with Gasteiger partial charge in [-0.3, -0.25) is 4.79 Å². The molecule has 3 atom stereocenters. The molecule has 0 amide bonds. The molecule has 0 aromatic heterocycles. The Morgan fingerprint density at radius 1 is 1.15 bits per heavy atom. The second-order valence-corrected chi connectivity index (χ2v) is 9.76. The highest BCUT2D eigenvalue weighted by Crippen LogP contribution is 2.58. The number of benzene rings is 1. The van der Waals surface area contributed by atoms with Gasteiger partial charge in [0.1, 0.15) is 5.57 Å². The number of hydrogen-bond donors (Lipinski definition) is 0. The summed E-state index contributed by atoms with van der Waals surface area (Å²) in [4.78, 5) is 27.7. The molecule has 0 saturated heterocycles. The summed E-state index contributed by atoms with van der Waals surface area (Å²) in [5.74, 6) is 0.972. The van der Waals surface area contributed by atoms with Crippen LogP contribution >= 0.6 is 0 Å². The van der Waals surface area contributed by atoms with Crippen LogP contribution in [0.5, 0.6) is 11.5 Å². The first-order valence-corrected chi connectivity index (χ1v) is 11.9. The number of methoxy groups -OCH3 is 2. The minimum atomic E-state index is -0.531. The van der Waals surface area contributed by atoms with Gasteiger partial charge in [-0.2, -0.15) is 0 Å². The lowest BCUT2D eigenvalue weighted by Gasteiger charge is -2.50. The van der Waals surface area contributed by atoms with Crippen LogP contribution < -0.4 is 9.47 Å². The molecule has 2 aliphatic heterocycles. The predicted molar refractivity (Wildman–Crippen MR) is 123 cm³/mol. The van der Waals surface area contributed by atoms with Crippen LogP contribution in [-0.4, -0.2) is 56.7 Å². The summed E-state index contributed by atoms with van der Waals surface area (Å²) in [6.45, 7) is 7.74. The zero-order valence-corrected chi connectivity index (χ0v) is 20.3. The molecule has 33 heavy (non-hydrogen) atoms. The molecular weight excluding hydrogens is 422 g/mol. The lowest BCUT2D eigenvalue weighted by atomic mass is 9.73. The molecule has 7 heteroatoms. The van der Waals surface area contributed by atoms with Crippen molar-refractivity contribution in [2.75, 3.05) is 34.0 Å². The predicted octanol–water partition coefficient (Wildman–Crippen LogP) is 4.16. The van der Waals surface area contributed by atoms with E-state index in [1.807, 2.05) is 6.07 Å². The van der Waals surface area contributed by atoms with Gasteiger partial charge in [0.2, 0.25) is 0 Å². The van der Waals surface area contributed by atoms with Crippen LogP contribution in [-0.2, 0) is 19.1 Å². The lowest BCUT2D eigenvalue weighted by Crippen LogP contribution is -2.50. The topological polar surface area (TPSA) is 74.3 Å². The molecule has 0 spiro atoms. The van der Waals surface area contributed by atoms with Crippen LogP contribution in [0.15, 0.2) is 23.9 Å². The largest absolute Gasteiger partial charge is 0.493 e. The first kappa shape index (κ1) is 23.6. The van der Waals surface area contributed by atoms with Crippen molar-refractivity contribution < 1.29 is 28.5 Å². The fourth-order valence-electron chi connectivity index (χ4n) is 5.80. The van der Waals surface area contributed by atoms with E-state index in [0.717, 1.165) is 30.6 Å². The highest BCUT2D eigenvalue weighted by Gasteiger charge is 2.53. The third kappa shape index (κ3) is 4.23. The van der Waals surface area contributed by atoms with Gasteiger partial charge in [-0.05, 0) is 48.4 Å². The minimum Gasteiger partial charge on any atom is -0.493 e. The van der Waals surface area contributed by atoms with E-state index >= 15 is 0 Å². The van der Waals surface area contributed by atoms with Crippen LogP contribution in [0.1, 0.15) is 69.5 Å². The fraction of sp³-hybridized carbons (Fsp3) is 0.615. The second kappa shape index (κ2) is 9.37. The van der Waals surface area contributed by atoms with Gasteiger partial charge in [-0.1, -0.05) is 13.8 Å². The van der Waals surface area contributed by atoms with Crippen LogP contribution in [0.3, 0.4) is 0 Å². The van der Waals surface area contributed by atoms with E-state index < -0.39 is 5.97 Å². The molecular formula is C26H35NO6. The normalized spacial score (nSPS) is 25.0. The monoisotopic (exact) mass is 457 g/mol. The molecule has 1 aromatic carbocycles. The Hall–Kier alpha value is -2.54. The molecule has 1 saturated carbocycles. The number of carbonyl (C=O) groups excluding carboxylic acids is 2.